The van der Waals surface area contributed by atoms with E-state index < -0.39 is 0 Å². The van der Waals surface area contributed by atoms with Crippen molar-refractivity contribution in [3.63, 3.8) is 0 Å². The Kier molecular flexibility index (Phi) is 8.53. The van der Waals surface area contributed by atoms with Gasteiger partial charge < -0.3 is 4.57 Å². The van der Waals surface area contributed by atoms with Gasteiger partial charge in [-0.2, -0.15) is 0 Å². The molecular weight excluding hydrogens is 727 g/mol. The molecule has 0 saturated heterocycles. The summed E-state index contributed by atoms with van der Waals surface area (Å²) < 4.78 is 2.43. The summed E-state index contributed by atoms with van der Waals surface area (Å²) in [6.07, 6.45) is 0. The third-order valence-corrected chi connectivity index (χ3v) is 12.0. The molecule has 11 aromatic rings. The molecule has 10 aromatic carbocycles. The van der Waals surface area contributed by atoms with Gasteiger partial charge in [-0.1, -0.05) is 182 Å². The highest BCUT2D eigenvalue weighted by atomic mass is 15.0. The first-order chi connectivity index (χ1) is 29.6. The van der Waals surface area contributed by atoms with Gasteiger partial charge in [0, 0.05) is 32.6 Å². The number of benzene rings is 10. The number of aliphatic imine (C=N–C) groups is 2. The number of fused-ring (bicyclic) bond motifs is 7. The Morgan fingerprint density at radius 2 is 0.867 bits per heavy atom. The van der Waals surface area contributed by atoms with Crippen molar-refractivity contribution in [2.75, 3.05) is 0 Å². The van der Waals surface area contributed by atoms with Crippen LogP contribution in [0.15, 0.2) is 216 Å². The summed E-state index contributed by atoms with van der Waals surface area (Å²) in [5.74, 6) is 0. The Balaban J connectivity index is 0.897. The molecule has 3 nitrogen and oxygen atoms in total. The topological polar surface area (TPSA) is 29.6 Å². The molecule has 0 aliphatic heterocycles. The van der Waals surface area contributed by atoms with Gasteiger partial charge in [-0.25, -0.2) is 0 Å². The molecule has 0 bridgehead atoms. The number of hydrogen-bond acceptors (Lipinski definition) is 2. The fourth-order valence-electron chi connectivity index (χ4n) is 9.06. The van der Waals surface area contributed by atoms with Gasteiger partial charge in [0.05, 0.1) is 28.1 Å². The predicted molar refractivity (Wildman–Crippen MR) is 257 cm³/mol. The van der Waals surface area contributed by atoms with Crippen LogP contribution < -0.4 is 0 Å². The molecule has 0 amide bonds. The molecule has 0 atom stereocenters. The maximum absolute atomic E-state index is 5.20. The van der Waals surface area contributed by atoms with Crippen LogP contribution in [0, 0.1) is 0 Å². The van der Waals surface area contributed by atoms with Crippen LogP contribution in [-0.2, 0) is 0 Å². The molecule has 0 saturated carbocycles. The second kappa shape index (κ2) is 14.5. The lowest BCUT2D eigenvalue weighted by Gasteiger charge is -2.13. The molecule has 282 valence electrons. The Morgan fingerprint density at radius 1 is 0.383 bits per heavy atom. The van der Waals surface area contributed by atoms with Gasteiger partial charge in [-0.3, -0.25) is 9.98 Å². The van der Waals surface area contributed by atoms with Gasteiger partial charge >= 0.3 is 0 Å². The SMILES string of the molecule is C=Nc1c(/N=C(\C)c2ccc(-c3cccc(-c4ccc(-c5ccc6c7ccccc7n(-c7cccc8ccccc78)c6c5)cc4)c3)cc2)c2ccccc2c2ccccc12. The van der Waals surface area contributed by atoms with Crippen molar-refractivity contribution in [2.45, 2.75) is 6.92 Å². The van der Waals surface area contributed by atoms with Gasteiger partial charge in [0.2, 0.25) is 0 Å². The second-order valence-electron chi connectivity index (χ2n) is 15.5. The van der Waals surface area contributed by atoms with Crippen molar-refractivity contribution >= 4 is 77.9 Å². The molecule has 0 fully saturated rings. The van der Waals surface area contributed by atoms with Crippen LogP contribution in [0.5, 0.6) is 0 Å². The third kappa shape index (κ3) is 5.90. The van der Waals surface area contributed by atoms with Crippen LogP contribution >= 0.6 is 0 Å². The molecule has 0 N–H and O–H groups in total. The molecule has 0 unspecified atom stereocenters. The number of hydrogen-bond donors (Lipinski definition) is 0. The van der Waals surface area contributed by atoms with Crippen LogP contribution in [0.3, 0.4) is 0 Å². The van der Waals surface area contributed by atoms with E-state index in [1.54, 1.807) is 0 Å². The fourth-order valence-corrected chi connectivity index (χ4v) is 9.06. The minimum absolute atomic E-state index is 0.812. The van der Waals surface area contributed by atoms with E-state index in [4.69, 9.17) is 4.99 Å². The maximum Gasteiger partial charge on any atom is 0.0974 e. The number of nitrogens with zero attached hydrogens (tertiary/aromatic N) is 3. The van der Waals surface area contributed by atoms with Gasteiger partial charge in [-0.05, 0) is 93.0 Å². The number of para-hydroxylation sites is 1. The lowest BCUT2D eigenvalue weighted by Crippen LogP contribution is -1.95. The first-order valence-electron chi connectivity index (χ1n) is 20.4. The summed E-state index contributed by atoms with van der Waals surface area (Å²) in [5.41, 5.74) is 14.3. The molecular formula is C57H39N3. The van der Waals surface area contributed by atoms with E-state index in [9.17, 15) is 0 Å². The molecule has 1 heterocycles. The summed E-state index contributed by atoms with van der Waals surface area (Å²) in [6.45, 7) is 6.01. The standard InChI is InChI=1S/C57H39N3/c1-37(59-57-52-22-8-6-19-48(52)47-18-5-7-21-51(47)56(57)58-2)38-25-27-39(28-26-38)43-15-11-16-44(35-43)40-29-31-41(32-30-40)45-33-34-50-49-20-9-10-23-54(49)60(55(50)36-45)53-24-12-14-42-13-3-4-17-46(42)53/h3-36H,2H2,1H3/b59-37+. The Hall–Kier alpha value is -7.88. The number of aromatic nitrogens is 1. The molecule has 0 spiro atoms. The van der Waals surface area contributed by atoms with Gasteiger partial charge in [0.15, 0.2) is 0 Å². The third-order valence-electron chi connectivity index (χ3n) is 12.0. The molecule has 11 rings (SSSR count). The van der Waals surface area contributed by atoms with Crippen LogP contribution in [0.25, 0.3) is 93.2 Å². The Labute approximate surface area is 348 Å². The summed E-state index contributed by atoms with van der Waals surface area (Å²) in [5, 5.41) is 9.44. The summed E-state index contributed by atoms with van der Waals surface area (Å²) in [4.78, 5) is 9.68. The van der Waals surface area contributed by atoms with E-state index >= 15 is 0 Å². The van der Waals surface area contributed by atoms with Crippen molar-refractivity contribution < 1.29 is 0 Å². The van der Waals surface area contributed by atoms with Crippen molar-refractivity contribution in [1.29, 1.82) is 0 Å². The van der Waals surface area contributed by atoms with Crippen LogP contribution in [-0.4, -0.2) is 17.0 Å². The van der Waals surface area contributed by atoms with Crippen LogP contribution in [0.4, 0.5) is 11.4 Å². The average molecular weight is 766 g/mol. The monoisotopic (exact) mass is 765 g/mol. The molecule has 3 heteroatoms. The molecule has 0 aliphatic rings. The lowest BCUT2D eigenvalue weighted by atomic mass is 9.96. The van der Waals surface area contributed by atoms with E-state index in [0.717, 1.165) is 49.8 Å². The van der Waals surface area contributed by atoms with Crippen LogP contribution in [0.1, 0.15) is 12.5 Å². The Bertz CT molecular complexity index is 3490. The lowest BCUT2D eigenvalue weighted by molar-refractivity contribution is 1.20. The Morgan fingerprint density at radius 3 is 1.53 bits per heavy atom. The number of rotatable bonds is 7. The highest BCUT2D eigenvalue weighted by Gasteiger charge is 2.16. The van der Waals surface area contributed by atoms with Gasteiger partial charge in [0.1, 0.15) is 0 Å². The molecule has 0 radical (unpaired) electrons. The first-order valence-corrected chi connectivity index (χ1v) is 20.4. The predicted octanol–water partition coefficient (Wildman–Crippen LogP) is 15.7. The van der Waals surface area contributed by atoms with Gasteiger partial charge in [0.25, 0.3) is 0 Å². The zero-order valence-electron chi connectivity index (χ0n) is 33.2. The van der Waals surface area contributed by atoms with Crippen molar-refractivity contribution in [3.05, 3.63) is 212 Å². The average Bonchev–Trinajstić information content (AvgIpc) is 3.65. The minimum Gasteiger partial charge on any atom is -0.309 e. The first kappa shape index (κ1) is 35.3. The summed E-state index contributed by atoms with van der Waals surface area (Å²) >= 11 is 0. The van der Waals surface area contributed by atoms with Crippen LogP contribution in [0.2, 0.25) is 0 Å². The highest BCUT2D eigenvalue weighted by molar-refractivity contribution is 6.20. The normalized spacial score (nSPS) is 11.9. The molecule has 1 aromatic heterocycles. The van der Waals surface area contributed by atoms with Crippen molar-refractivity contribution in [2.24, 2.45) is 9.98 Å². The fraction of sp³-hybridized carbons (Fsp3) is 0.0175. The van der Waals surface area contributed by atoms with E-state index in [-0.39, 0.29) is 0 Å². The second-order valence-corrected chi connectivity index (χ2v) is 15.5. The highest BCUT2D eigenvalue weighted by Crippen LogP contribution is 2.44. The zero-order chi connectivity index (χ0) is 40.2. The smallest absolute Gasteiger partial charge is 0.0974 e. The maximum atomic E-state index is 5.20. The summed E-state index contributed by atoms with van der Waals surface area (Å²) in [6, 6.07) is 74.1. The quantitative estimate of drug-likeness (QED) is 0.114. The van der Waals surface area contributed by atoms with Crippen molar-refractivity contribution in [3.8, 4) is 39.1 Å². The zero-order valence-corrected chi connectivity index (χ0v) is 33.2. The van der Waals surface area contributed by atoms with Crippen molar-refractivity contribution in [1.82, 2.24) is 4.57 Å². The summed E-state index contributed by atoms with van der Waals surface area (Å²) in [7, 11) is 0. The minimum atomic E-state index is 0.812. The van der Waals surface area contributed by atoms with E-state index in [1.165, 1.54) is 66.1 Å². The molecule has 0 aliphatic carbocycles. The van der Waals surface area contributed by atoms with E-state index in [1.807, 2.05) is 6.07 Å². The van der Waals surface area contributed by atoms with E-state index in [2.05, 4.69) is 223 Å². The molecule has 60 heavy (non-hydrogen) atoms. The largest absolute Gasteiger partial charge is 0.309 e. The van der Waals surface area contributed by atoms with Gasteiger partial charge in [-0.15, -0.1) is 0 Å². The van der Waals surface area contributed by atoms with E-state index in [0.29, 0.717) is 0 Å².